The third-order valence-electron chi connectivity index (χ3n) is 3.05. The van der Waals surface area contributed by atoms with Gasteiger partial charge in [0.2, 0.25) is 0 Å². The number of H-pyrrole nitrogens is 1. The van der Waals surface area contributed by atoms with Gasteiger partial charge in [0.25, 0.3) is 5.56 Å². The van der Waals surface area contributed by atoms with Crippen molar-refractivity contribution in [2.45, 2.75) is 32.3 Å². The molecule has 0 radical (unpaired) electrons. The van der Waals surface area contributed by atoms with E-state index in [2.05, 4.69) is 4.98 Å². The van der Waals surface area contributed by atoms with Crippen molar-refractivity contribution in [2.24, 2.45) is 0 Å². The molecule has 2 N–H and O–H groups in total. The van der Waals surface area contributed by atoms with Crippen LogP contribution in [0.3, 0.4) is 0 Å². The van der Waals surface area contributed by atoms with Crippen LogP contribution < -0.4 is 11.2 Å². The van der Waals surface area contributed by atoms with Gasteiger partial charge in [-0.3, -0.25) is 19.1 Å². The molecule has 0 saturated heterocycles. The van der Waals surface area contributed by atoms with Gasteiger partial charge in [0.1, 0.15) is 12.2 Å². The van der Waals surface area contributed by atoms with Gasteiger partial charge in [0.15, 0.2) is 6.23 Å². The maximum atomic E-state index is 11.8. The molecule has 0 amide bonds. The lowest BCUT2D eigenvalue weighted by atomic mass is 10.1. The zero-order valence-electron chi connectivity index (χ0n) is 11.6. The molecule has 0 spiro atoms. The highest BCUT2D eigenvalue weighted by atomic mass is 16.6. The van der Waals surface area contributed by atoms with Crippen LogP contribution in [0.5, 0.6) is 0 Å². The third kappa shape index (κ3) is 3.29. The van der Waals surface area contributed by atoms with Crippen molar-refractivity contribution in [3.05, 3.63) is 44.8 Å². The Bertz CT molecular complexity index is 674. The molecule has 0 aromatic carbocycles. The number of rotatable bonds is 3. The van der Waals surface area contributed by atoms with Gasteiger partial charge >= 0.3 is 11.7 Å². The Morgan fingerprint density at radius 1 is 1.48 bits per heavy atom. The summed E-state index contributed by atoms with van der Waals surface area (Å²) in [5.74, 6) is -0.498. The van der Waals surface area contributed by atoms with E-state index in [1.165, 1.54) is 23.8 Å². The highest BCUT2D eigenvalue weighted by Crippen LogP contribution is 2.21. The molecule has 1 aromatic rings. The van der Waals surface area contributed by atoms with E-state index in [0.29, 0.717) is 5.56 Å². The quantitative estimate of drug-likeness (QED) is 0.559. The third-order valence-corrected chi connectivity index (χ3v) is 3.05. The summed E-state index contributed by atoms with van der Waals surface area (Å²) in [6.07, 6.45) is 2.14. The molecule has 114 valence electrons. The lowest BCUT2D eigenvalue weighted by Crippen LogP contribution is -2.42. The van der Waals surface area contributed by atoms with Gasteiger partial charge < -0.3 is 14.6 Å². The standard InChI is InChI=1S/C13H16N2O6/c1-7-5-15(13(19)14-12(7)18)11-4-3-9(20-8(2)17)10(6-16)21-11/h3-5,9-11,16H,6H2,1-2H3,(H,14,18,19)/t9-,10+,11+/m0/s1. The van der Waals surface area contributed by atoms with E-state index in [1.807, 2.05) is 0 Å². The van der Waals surface area contributed by atoms with E-state index >= 15 is 0 Å². The maximum absolute atomic E-state index is 11.8. The Hall–Kier alpha value is -2.19. The molecule has 8 nitrogen and oxygen atoms in total. The molecule has 0 saturated carbocycles. The van der Waals surface area contributed by atoms with Crippen molar-refractivity contribution in [1.82, 2.24) is 9.55 Å². The molecule has 0 bridgehead atoms. The first-order valence-corrected chi connectivity index (χ1v) is 6.36. The van der Waals surface area contributed by atoms with Crippen molar-refractivity contribution in [3.8, 4) is 0 Å². The second kappa shape index (κ2) is 6.06. The molecule has 0 fully saturated rings. The maximum Gasteiger partial charge on any atom is 0.330 e. The fourth-order valence-electron chi connectivity index (χ4n) is 2.02. The largest absolute Gasteiger partial charge is 0.455 e. The number of nitrogens with zero attached hydrogens (tertiary/aromatic N) is 1. The highest BCUT2D eigenvalue weighted by Gasteiger charge is 2.30. The molecule has 1 aliphatic rings. The van der Waals surface area contributed by atoms with Gasteiger partial charge in [-0.15, -0.1) is 0 Å². The van der Waals surface area contributed by atoms with Crippen molar-refractivity contribution >= 4 is 5.97 Å². The number of hydrogen-bond acceptors (Lipinski definition) is 6. The van der Waals surface area contributed by atoms with E-state index in [9.17, 15) is 19.5 Å². The summed E-state index contributed by atoms with van der Waals surface area (Å²) in [6, 6.07) is 0. The van der Waals surface area contributed by atoms with Crippen LogP contribution in [0.1, 0.15) is 18.7 Å². The van der Waals surface area contributed by atoms with Crippen LogP contribution in [-0.4, -0.2) is 39.4 Å². The lowest BCUT2D eigenvalue weighted by molar-refractivity contribution is -0.161. The number of esters is 1. The first kappa shape index (κ1) is 15.2. The van der Waals surface area contributed by atoms with Crippen LogP contribution in [0.2, 0.25) is 0 Å². The number of hydrogen-bond donors (Lipinski definition) is 2. The first-order chi connectivity index (χ1) is 9.92. The Labute approximate surface area is 119 Å². The minimum atomic E-state index is -0.794. The van der Waals surface area contributed by atoms with Gasteiger partial charge in [0.05, 0.1) is 6.61 Å². The summed E-state index contributed by atoms with van der Waals surface area (Å²) in [4.78, 5) is 36.3. The molecular formula is C13H16N2O6. The zero-order valence-corrected chi connectivity index (χ0v) is 11.6. The number of aromatic amines is 1. The SMILES string of the molecule is CC(=O)O[C@H]1C=C[C@H](n2cc(C)c(=O)[nH]c2=O)O[C@@H]1CO. The van der Waals surface area contributed by atoms with Crippen LogP contribution in [0.15, 0.2) is 27.9 Å². The minimum Gasteiger partial charge on any atom is -0.455 e. The Balaban J connectivity index is 2.31. The summed E-state index contributed by atoms with van der Waals surface area (Å²) in [5, 5.41) is 9.31. The monoisotopic (exact) mass is 296 g/mol. The number of aliphatic hydroxyl groups is 1. The van der Waals surface area contributed by atoms with E-state index in [1.54, 1.807) is 13.0 Å². The summed E-state index contributed by atoms with van der Waals surface area (Å²) in [5.41, 5.74) is -0.732. The molecule has 3 atom stereocenters. The van der Waals surface area contributed by atoms with Crippen molar-refractivity contribution < 1.29 is 19.4 Å². The molecule has 2 heterocycles. The highest BCUT2D eigenvalue weighted by molar-refractivity contribution is 5.66. The van der Waals surface area contributed by atoms with E-state index in [4.69, 9.17) is 9.47 Å². The van der Waals surface area contributed by atoms with Crippen molar-refractivity contribution in [1.29, 1.82) is 0 Å². The molecule has 1 aliphatic heterocycles. The topological polar surface area (TPSA) is 111 Å². The predicted molar refractivity (Wildman–Crippen MR) is 71.7 cm³/mol. The number of carbonyl (C=O) groups excluding carboxylic acids is 1. The summed E-state index contributed by atoms with van der Waals surface area (Å²) in [6.45, 7) is 2.44. The summed E-state index contributed by atoms with van der Waals surface area (Å²) in [7, 11) is 0. The Morgan fingerprint density at radius 3 is 2.81 bits per heavy atom. The number of aromatic nitrogens is 2. The number of aryl methyl sites for hydroxylation is 1. The van der Waals surface area contributed by atoms with E-state index < -0.39 is 35.7 Å². The van der Waals surface area contributed by atoms with E-state index in [-0.39, 0.29) is 6.61 Å². The molecule has 21 heavy (non-hydrogen) atoms. The van der Waals surface area contributed by atoms with Gasteiger partial charge in [-0.2, -0.15) is 0 Å². The summed E-state index contributed by atoms with van der Waals surface area (Å²) < 4.78 is 11.7. The molecule has 2 rings (SSSR count). The first-order valence-electron chi connectivity index (χ1n) is 6.36. The second-order valence-electron chi connectivity index (χ2n) is 4.69. The van der Waals surface area contributed by atoms with Gasteiger partial charge in [0, 0.05) is 18.7 Å². The van der Waals surface area contributed by atoms with Gasteiger partial charge in [-0.25, -0.2) is 4.79 Å². The average molecular weight is 296 g/mol. The zero-order chi connectivity index (χ0) is 15.6. The van der Waals surface area contributed by atoms with E-state index in [0.717, 1.165) is 0 Å². The minimum absolute atomic E-state index is 0.356. The fraction of sp³-hybridized carbons (Fsp3) is 0.462. The number of nitrogens with one attached hydrogen (secondary N) is 1. The smallest absolute Gasteiger partial charge is 0.330 e. The van der Waals surface area contributed by atoms with Crippen LogP contribution in [0, 0.1) is 6.92 Å². The van der Waals surface area contributed by atoms with Crippen LogP contribution in [0.4, 0.5) is 0 Å². The van der Waals surface area contributed by atoms with Gasteiger partial charge in [-0.05, 0) is 19.1 Å². The van der Waals surface area contributed by atoms with Crippen molar-refractivity contribution in [3.63, 3.8) is 0 Å². The molecule has 8 heteroatoms. The Kier molecular flexibility index (Phi) is 4.39. The normalized spacial score (nSPS) is 24.8. The Morgan fingerprint density at radius 2 is 2.19 bits per heavy atom. The second-order valence-corrected chi connectivity index (χ2v) is 4.69. The lowest BCUT2D eigenvalue weighted by Gasteiger charge is -2.31. The van der Waals surface area contributed by atoms with Crippen LogP contribution in [0.25, 0.3) is 0 Å². The van der Waals surface area contributed by atoms with Crippen LogP contribution >= 0.6 is 0 Å². The molecular weight excluding hydrogens is 280 g/mol. The molecule has 0 aliphatic carbocycles. The summed E-state index contributed by atoms with van der Waals surface area (Å²) >= 11 is 0. The average Bonchev–Trinajstić information content (AvgIpc) is 2.43. The number of carbonyl (C=O) groups is 1. The molecule has 1 aromatic heterocycles. The van der Waals surface area contributed by atoms with Crippen LogP contribution in [-0.2, 0) is 14.3 Å². The number of ether oxygens (including phenoxy) is 2. The molecule has 0 unspecified atom stereocenters. The van der Waals surface area contributed by atoms with Gasteiger partial charge in [-0.1, -0.05) is 0 Å². The fourth-order valence-corrected chi connectivity index (χ4v) is 2.02. The number of aliphatic hydroxyl groups excluding tert-OH is 1. The predicted octanol–water partition coefficient (Wildman–Crippen LogP) is -0.777. The van der Waals surface area contributed by atoms with Crippen molar-refractivity contribution in [2.75, 3.05) is 6.61 Å².